The maximum Gasteiger partial charge on any atom is 0.207 e. The molecule has 0 aromatic carbocycles. The lowest BCUT2D eigenvalue weighted by atomic mass is 10.3. The van der Waals surface area contributed by atoms with Crippen LogP contribution >= 0.6 is 0 Å². The van der Waals surface area contributed by atoms with E-state index in [1.165, 1.54) is 0 Å². The van der Waals surface area contributed by atoms with Crippen molar-refractivity contribution in [2.24, 2.45) is 0 Å². The first-order valence-corrected chi connectivity index (χ1v) is 4.72. The van der Waals surface area contributed by atoms with E-state index in [-0.39, 0.29) is 6.23 Å². The second-order valence-corrected chi connectivity index (χ2v) is 3.82. The van der Waals surface area contributed by atoms with Crippen LogP contribution in [-0.2, 0) is 4.79 Å². The Labute approximate surface area is 80.1 Å². The molecule has 0 aromatic heterocycles. The van der Waals surface area contributed by atoms with Crippen LogP contribution in [-0.4, -0.2) is 49.4 Å². The van der Waals surface area contributed by atoms with Crippen molar-refractivity contribution >= 4 is 6.41 Å². The van der Waals surface area contributed by atoms with Crippen molar-refractivity contribution in [2.75, 3.05) is 27.2 Å². The second-order valence-electron chi connectivity index (χ2n) is 3.82. The fourth-order valence-corrected chi connectivity index (χ4v) is 1.29. The van der Waals surface area contributed by atoms with Gasteiger partial charge in [-0.2, -0.15) is 0 Å². The summed E-state index contributed by atoms with van der Waals surface area (Å²) >= 11 is 0. The third-order valence-electron chi connectivity index (χ3n) is 2.31. The lowest BCUT2D eigenvalue weighted by Crippen LogP contribution is -2.49. The first kappa shape index (κ1) is 12.4. The second kappa shape index (κ2) is 5.94. The fourth-order valence-electron chi connectivity index (χ4n) is 1.29. The highest BCUT2D eigenvalue weighted by Gasteiger charge is 2.22. The van der Waals surface area contributed by atoms with Gasteiger partial charge in [-0.3, -0.25) is 4.79 Å². The van der Waals surface area contributed by atoms with Gasteiger partial charge in [-0.15, -0.1) is 0 Å². The molecular formula is C9H21N2O2+. The van der Waals surface area contributed by atoms with Gasteiger partial charge in [0.15, 0.2) is 6.23 Å². The molecule has 0 saturated carbocycles. The summed E-state index contributed by atoms with van der Waals surface area (Å²) in [4.78, 5) is 9.95. The first-order chi connectivity index (χ1) is 6.04. The van der Waals surface area contributed by atoms with Gasteiger partial charge < -0.3 is 14.9 Å². The Bertz CT molecular complexity index is 149. The van der Waals surface area contributed by atoms with Crippen LogP contribution in [0, 0.1) is 0 Å². The minimum absolute atomic E-state index is 0.309. The summed E-state index contributed by atoms with van der Waals surface area (Å²) in [5.74, 6) is 0. The van der Waals surface area contributed by atoms with Crippen LogP contribution in [0.2, 0.25) is 0 Å². The van der Waals surface area contributed by atoms with E-state index in [1.54, 1.807) is 0 Å². The molecule has 0 aliphatic carbocycles. The van der Waals surface area contributed by atoms with Crippen molar-refractivity contribution in [3.63, 3.8) is 0 Å². The van der Waals surface area contributed by atoms with Gasteiger partial charge >= 0.3 is 0 Å². The molecule has 0 aliphatic heterocycles. The third kappa shape index (κ3) is 4.85. The Kier molecular flexibility index (Phi) is 5.66. The van der Waals surface area contributed by atoms with E-state index >= 15 is 0 Å². The summed E-state index contributed by atoms with van der Waals surface area (Å²) in [7, 11) is 3.99. The fraction of sp³-hybridized carbons (Fsp3) is 0.889. The van der Waals surface area contributed by atoms with E-state index < -0.39 is 0 Å². The number of quaternary nitrogens is 1. The van der Waals surface area contributed by atoms with Gasteiger partial charge in [0.05, 0.1) is 20.6 Å². The molecule has 0 radical (unpaired) electrons. The number of carbonyl (C=O) groups is 1. The van der Waals surface area contributed by atoms with E-state index in [2.05, 4.69) is 5.32 Å². The molecule has 1 unspecified atom stereocenters. The average molecular weight is 189 g/mol. The quantitative estimate of drug-likeness (QED) is 0.255. The molecular weight excluding hydrogens is 168 g/mol. The zero-order chi connectivity index (χ0) is 10.3. The number of aliphatic hydroxyl groups excluding tert-OH is 1. The number of aliphatic hydroxyl groups is 1. The number of nitrogens with one attached hydrogen (secondary N) is 1. The Hall–Kier alpha value is -0.610. The Morgan fingerprint density at radius 2 is 2.15 bits per heavy atom. The summed E-state index contributed by atoms with van der Waals surface area (Å²) in [6, 6.07) is 0. The zero-order valence-electron chi connectivity index (χ0n) is 8.79. The van der Waals surface area contributed by atoms with Crippen LogP contribution in [0.25, 0.3) is 0 Å². The summed E-state index contributed by atoms with van der Waals surface area (Å²) < 4.78 is 0.594. The molecule has 0 fully saturated rings. The Morgan fingerprint density at radius 1 is 1.54 bits per heavy atom. The number of amides is 1. The van der Waals surface area contributed by atoms with Crippen LogP contribution in [0.4, 0.5) is 0 Å². The molecule has 0 aliphatic rings. The molecule has 0 rings (SSSR count). The number of nitrogens with zero attached hydrogens (tertiary/aromatic N) is 1. The molecule has 1 atom stereocenters. The van der Waals surface area contributed by atoms with Gasteiger partial charge in [-0.1, -0.05) is 6.92 Å². The van der Waals surface area contributed by atoms with Gasteiger partial charge in [0.25, 0.3) is 0 Å². The molecule has 0 spiro atoms. The standard InChI is InChI=1S/C9H20N2O2/c1-4-9(13)11(2,3)7-5-6-10-8-12/h8-9,13H,4-7H2,1-3H3/p+1. The van der Waals surface area contributed by atoms with Crippen molar-refractivity contribution in [1.82, 2.24) is 5.32 Å². The number of rotatable bonds is 7. The molecule has 13 heavy (non-hydrogen) atoms. The summed E-state index contributed by atoms with van der Waals surface area (Å²) in [5, 5.41) is 12.2. The van der Waals surface area contributed by atoms with E-state index in [0.29, 0.717) is 17.4 Å². The van der Waals surface area contributed by atoms with Crippen LogP contribution in [0.1, 0.15) is 19.8 Å². The van der Waals surface area contributed by atoms with Crippen molar-refractivity contribution in [2.45, 2.75) is 26.0 Å². The number of hydrogen-bond donors (Lipinski definition) is 2. The van der Waals surface area contributed by atoms with Crippen molar-refractivity contribution in [3.8, 4) is 0 Å². The van der Waals surface area contributed by atoms with Crippen LogP contribution in [0.5, 0.6) is 0 Å². The molecule has 0 heterocycles. The van der Waals surface area contributed by atoms with Crippen LogP contribution in [0.3, 0.4) is 0 Å². The van der Waals surface area contributed by atoms with E-state index in [9.17, 15) is 9.90 Å². The van der Waals surface area contributed by atoms with Crippen molar-refractivity contribution in [1.29, 1.82) is 0 Å². The van der Waals surface area contributed by atoms with Gasteiger partial charge in [0, 0.05) is 19.4 Å². The lowest BCUT2D eigenvalue weighted by molar-refractivity contribution is -0.937. The smallest absolute Gasteiger partial charge is 0.207 e. The van der Waals surface area contributed by atoms with Gasteiger partial charge in [0.2, 0.25) is 6.41 Å². The maximum atomic E-state index is 9.95. The highest BCUT2D eigenvalue weighted by atomic mass is 16.3. The molecule has 0 saturated heterocycles. The predicted molar refractivity (Wildman–Crippen MR) is 52.0 cm³/mol. The average Bonchev–Trinajstić information content (AvgIpc) is 2.11. The normalized spacial score (nSPS) is 13.8. The number of carbonyl (C=O) groups excluding carboxylic acids is 1. The lowest BCUT2D eigenvalue weighted by Gasteiger charge is -2.34. The minimum atomic E-state index is -0.309. The summed E-state index contributed by atoms with van der Waals surface area (Å²) in [6.45, 7) is 3.52. The van der Waals surface area contributed by atoms with E-state index in [0.717, 1.165) is 19.4 Å². The molecule has 78 valence electrons. The molecule has 4 nitrogen and oxygen atoms in total. The molecule has 2 N–H and O–H groups in total. The number of hydrogen-bond acceptors (Lipinski definition) is 2. The third-order valence-corrected chi connectivity index (χ3v) is 2.31. The summed E-state index contributed by atoms with van der Waals surface area (Å²) in [6.07, 6.45) is 2.05. The van der Waals surface area contributed by atoms with Gasteiger partial charge in [-0.25, -0.2) is 0 Å². The molecule has 0 bridgehead atoms. The SMILES string of the molecule is CCC(O)[N+](C)(C)CCCNC=O. The Balaban J connectivity index is 3.68. The maximum absolute atomic E-state index is 9.95. The Morgan fingerprint density at radius 3 is 2.62 bits per heavy atom. The topological polar surface area (TPSA) is 49.3 Å². The van der Waals surface area contributed by atoms with Gasteiger partial charge in [-0.05, 0) is 0 Å². The highest BCUT2D eigenvalue weighted by molar-refractivity contribution is 5.45. The highest BCUT2D eigenvalue weighted by Crippen LogP contribution is 2.07. The van der Waals surface area contributed by atoms with Crippen molar-refractivity contribution in [3.05, 3.63) is 0 Å². The molecule has 4 heteroatoms. The zero-order valence-corrected chi connectivity index (χ0v) is 8.79. The minimum Gasteiger partial charge on any atom is -0.358 e. The largest absolute Gasteiger partial charge is 0.358 e. The molecule has 1 amide bonds. The summed E-state index contributed by atoms with van der Waals surface area (Å²) in [5.41, 5.74) is 0. The first-order valence-electron chi connectivity index (χ1n) is 4.72. The monoisotopic (exact) mass is 189 g/mol. The van der Waals surface area contributed by atoms with Crippen LogP contribution < -0.4 is 5.32 Å². The predicted octanol–water partition coefficient (Wildman–Crippen LogP) is -0.0727. The van der Waals surface area contributed by atoms with Gasteiger partial charge in [0.1, 0.15) is 0 Å². The molecule has 0 aromatic rings. The van der Waals surface area contributed by atoms with Crippen LogP contribution in [0.15, 0.2) is 0 Å². The van der Waals surface area contributed by atoms with Crippen molar-refractivity contribution < 1.29 is 14.4 Å². The van der Waals surface area contributed by atoms with E-state index in [1.807, 2.05) is 21.0 Å². The van der Waals surface area contributed by atoms with E-state index in [4.69, 9.17) is 0 Å².